The summed E-state index contributed by atoms with van der Waals surface area (Å²) >= 11 is 11.8. The molecule has 5 nitrogen and oxygen atoms in total. The second-order valence-corrected chi connectivity index (χ2v) is 8.51. The van der Waals surface area contributed by atoms with Crippen molar-refractivity contribution in [2.75, 3.05) is 16.2 Å². The summed E-state index contributed by atoms with van der Waals surface area (Å²) < 4.78 is 27.3. The molecule has 28 heavy (non-hydrogen) atoms. The zero-order chi connectivity index (χ0) is 20.1. The van der Waals surface area contributed by atoms with Crippen molar-refractivity contribution in [3.05, 3.63) is 88.9 Å². The molecule has 3 aromatic rings. The average molecular weight is 435 g/mol. The Morgan fingerprint density at radius 3 is 2.07 bits per heavy atom. The maximum Gasteiger partial charge on any atom is 0.264 e. The molecule has 1 amide bonds. The van der Waals surface area contributed by atoms with Crippen LogP contribution < -0.4 is 9.62 Å². The first-order chi connectivity index (χ1) is 13.4. The zero-order valence-corrected chi connectivity index (χ0v) is 16.9. The van der Waals surface area contributed by atoms with Crippen LogP contribution in [-0.4, -0.2) is 20.9 Å². The molecule has 0 aromatic heterocycles. The molecule has 3 rings (SSSR count). The summed E-state index contributed by atoms with van der Waals surface area (Å²) in [4.78, 5) is 12.7. The second-order valence-electron chi connectivity index (χ2n) is 5.84. The first kappa shape index (κ1) is 20.2. The van der Waals surface area contributed by atoms with E-state index in [1.807, 2.05) is 0 Å². The van der Waals surface area contributed by atoms with Crippen molar-refractivity contribution >= 4 is 50.5 Å². The number of rotatable bonds is 6. The molecule has 0 saturated carbocycles. The Hall–Kier alpha value is -2.54. The molecule has 0 radical (unpaired) electrons. The van der Waals surface area contributed by atoms with E-state index < -0.39 is 22.5 Å². The Bertz CT molecular complexity index is 1080. The highest BCUT2D eigenvalue weighted by Crippen LogP contribution is 2.26. The van der Waals surface area contributed by atoms with Crippen LogP contribution in [0.4, 0.5) is 11.4 Å². The number of nitrogens with zero attached hydrogens (tertiary/aromatic N) is 1. The Balaban J connectivity index is 1.90. The first-order valence-electron chi connectivity index (χ1n) is 8.25. The summed E-state index contributed by atoms with van der Waals surface area (Å²) in [5.74, 6) is -0.512. The van der Waals surface area contributed by atoms with Crippen LogP contribution in [0.5, 0.6) is 0 Å². The van der Waals surface area contributed by atoms with Gasteiger partial charge in [0.15, 0.2) is 0 Å². The third kappa shape index (κ3) is 4.65. The lowest BCUT2D eigenvalue weighted by atomic mass is 10.3. The molecule has 0 bridgehead atoms. The Labute approximate surface area is 173 Å². The maximum absolute atomic E-state index is 13.1. The summed E-state index contributed by atoms with van der Waals surface area (Å²) in [6.07, 6.45) is 0. The largest absolute Gasteiger partial charge is 0.324 e. The number of anilines is 2. The molecule has 0 spiro atoms. The van der Waals surface area contributed by atoms with Crippen molar-refractivity contribution in [3.63, 3.8) is 0 Å². The van der Waals surface area contributed by atoms with Gasteiger partial charge in [0, 0.05) is 5.69 Å². The summed E-state index contributed by atoms with van der Waals surface area (Å²) in [7, 11) is -3.93. The van der Waals surface area contributed by atoms with Crippen molar-refractivity contribution in [1.29, 1.82) is 0 Å². The smallest absolute Gasteiger partial charge is 0.264 e. The Kier molecular flexibility index (Phi) is 6.24. The van der Waals surface area contributed by atoms with Crippen molar-refractivity contribution in [2.24, 2.45) is 0 Å². The third-order valence-electron chi connectivity index (χ3n) is 3.87. The number of hydrogen-bond donors (Lipinski definition) is 1. The van der Waals surface area contributed by atoms with E-state index in [0.29, 0.717) is 16.4 Å². The molecule has 3 aromatic carbocycles. The van der Waals surface area contributed by atoms with Crippen molar-refractivity contribution < 1.29 is 13.2 Å². The standard InChI is InChI=1S/C20H16Cl2N2O3S/c21-18-12-11-15(13-19(18)22)23-20(25)14-24(16-7-3-1-4-8-16)28(26,27)17-9-5-2-6-10-17/h1-13H,14H2,(H,23,25). The van der Waals surface area contributed by atoms with Crippen LogP contribution >= 0.6 is 23.2 Å². The highest BCUT2D eigenvalue weighted by Gasteiger charge is 2.27. The number of benzene rings is 3. The van der Waals surface area contributed by atoms with E-state index in [4.69, 9.17) is 23.2 Å². The number of hydrogen-bond acceptors (Lipinski definition) is 3. The predicted molar refractivity (Wildman–Crippen MR) is 113 cm³/mol. The highest BCUT2D eigenvalue weighted by molar-refractivity contribution is 7.92. The van der Waals surface area contributed by atoms with Gasteiger partial charge in [0.05, 0.1) is 20.6 Å². The van der Waals surface area contributed by atoms with E-state index in [1.54, 1.807) is 60.7 Å². The first-order valence-corrected chi connectivity index (χ1v) is 10.5. The summed E-state index contributed by atoms with van der Waals surface area (Å²) in [6.45, 7) is -0.401. The molecule has 0 unspecified atom stereocenters. The summed E-state index contributed by atoms with van der Waals surface area (Å²) in [6, 6.07) is 21.1. The lowest BCUT2D eigenvalue weighted by molar-refractivity contribution is -0.114. The van der Waals surface area contributed by atoms with Gasteiger partial charge < -0.3 is 5.32 Å². The van der Waals surface area contributed by atoms with E-state index in [-0.39, 0.29) is 9.92 Å². The van der Waals surface area contributed by atoms with Crippen LogP contribution in [0.1, 0.15) is 0 Å². The maximum atomic E-state index is 13.1. The fourth-order valence-corrected chi connectivity index (χ4v) is 4.27. The minimum atomic E-state index is -3.93. The normalized spacial score (nSPS) is 11.1. The summed E-state index contributed by atoms with van der Waals surface area (Å²) in [5, 5.41) is 3.29. The molecule has 0 saturated heterocycles. The average Bonchev–Trinajstić information content (AvgIpc) is 2.70. The van der Waals surface area contributed by atoms with Gasteiger partial charge in [-0.25, -0.2) is 8.42 Å². The van der Waals surface area contributed by atoms with Crippen LogP contribution in [0, 0.1) is 0 Å². The number of para-hydroxylation sites is 1. The number of nitrogens with one attached hydrogen (secondary N) is 1. The Morgan fingerprint density at radius 1 is 0.857 bits per heavy atom. The highest BCUT2D eigenvalue weighted by atomic mass is 35.5. The quantitative estimate of drug-likeness (QED) is 0.603. The van der Waals surface area contributed by atoms with E-state index in [9.17, 15) is 13.2 Å². The number of amides is 1. The second kappa shape index (κ2) is 8.65. The van der Waals surface area contributed by atoms with Gasteiger partial charge in [-0.05, 0) is 42.5 Å². The van der Waals surface area contributed by atoms with Crippen LogP contribution in [-0.2, 0) is 14.8 Å². The summed E-state index contributed by atoms with van der Waals surface area (Å²) in [5.41, 5.74) is 0.806. The van der Waals surface area contributed by atoms with Gasteiger partial charge in [-0.15, -0.1) is 0 Å². The van der Waals surface area contributed by atoms with Gasteiger partial charge in [-0.2, -0.15) is 0 Å². The number of carbonyl (C=O) groups is 1. The van der Waals surface area contributed by atoms with Crippen LogP contribution in [0.2, 0.25) is 10.0 Å². The number of carbonyl (C=O) groups excluding carboxylic acids is 1. The molecule has 0 heterocycles. The molecule has 144 valence electrons. The minimum absolute atomic E-state index is 0.0983. The molecular weight excluding hydrogens is 419 g/mol. The molecular formula is C20H16Cl2N2O3S. The predicted octanol–water partition coefficient (Wildman–Crippen LogP) is 4.83. The van der Waals surface area contributed by atoms with E-state index >= 15 is 0 Å². The van der Waals surface area contributed by atoms with E-state index in [1.165, 1.54) is 18.2 Å². The van der Waals surface area contributed by atoms with E-state index in [2.05, 4.69) is 5.32 Å². The van der Waals surface area contributed by atoms with Gasteiger partial charge in [-0.1, -0.05) is 59.6 Å². The molecule has 0 aliphatic heterocycles. The SMILES string of the molecule is O=C(CN(c1ccccc1)S(=O)(=O)c1ccccc1)Nc1ccc(Cl)c(Cl)c1. The molecule has 0 fully saturated rings. The molecule has 0 aliphatic rings. The number of sulfonamides is 1. The van der Waals surface area contributed by atoms with Gasteiger partial charge >= 0.3 is 0 Å². The topological polar surface area (TPSA) is 66.5 Å². The number of halogens is 2. The van der Waals surface area contributed by atoms with E-state index in [0.717, 1.165) is 4.31 Å². The zero-order valence-electron chi connectivity index (χ0n) is 14.5. The van der Waals surface area contributed by atoms with Gasteiger partial charge in [-0.3, -0.25) is 9.10 Å². The van der Waals surface area contributed by atoms with Crippen molar-refractivity contribution in [3.8, 4) is 0 Å². The van der Waals surface area contributed by atoms with Crippen molar-refractivity contribution in [2.45, 2.75) is 4.90 Å². The fourth-order valence-electron chi connectivity index (χ4n) is 2.53. The fraction of sp³-hybridized carbons (Fsp3) is 0.0500. The van der Waals surface area contributed by atoms with Gasteiger partial charge in [0.1, 0.15) is 6.54 Å². The molecule has 0 aliphatic carbocycles. The Morgan fingerprint density at radius 2 is 1.46 bits per heavy atom. The third-order valence-corrected chi connectivity index (χ3v) is 6.39. The molecule has 1 N–H and O–H groups in total. The van der Waals surface area contributed by atoms with Gasteiger partial charge in [0.2, 0.25) is 5.91 Å². The molecule has 8 heteroatoms. The lowest BCUT2D eigenvalue weighted by Crippen LogP contribution is -2.38. The monoisotopic (exact) mass is 434 g/mol. The van der Waals surface area contributed by atoms with Crippen LogP contribution in [0.3, 0.4) is 0 Å². The minimum Gasteiger partial charge on any atom is -0.324 e. The van der Waals surface area contributed by atoms with Crippen LogP contribution in [0.25, 0.3) is 0 Å². The van der Waals surface area contributed by atoms with Crippen LogP contribution in [0.15, 0.2) is 83.8 Å². The van der Waals surface area contributed by atoms with Crippen molar-refractivity contribution in [1.82, 2.24) is 0 Å². The lowest BCUT2D eigenvalue weighted by Gasteiger charge is -2.24. The van der Waals surface area contributed by atoms with Gasteiger partial charge in [0.25, 0.3) is 10.0 Å². The molecule has 0 atom stereocenters.